The quantitative estimate of drug-likeness (QED) is 0.116. The molecular formula is C41H58ClN5O5. The first-order valence-electron chi connectivity index (χ1n) is 19.1. The predicted octanol–water partition coefficient (Wildman–Crippen LogP) is 7.24. The molecule has 1 saturated carbocycles. The van der Waals surface area contributed by atoms with E-state index in [2.05, 4.69) is 22.5 Å². The summed E-state index contributed by atoms with van der Waals surface area (Å²) in [6.07, 6.45) is 9.48. The third kappa shape index (κ3) is 11.8. The van der Waals surface area contributed by atoms with Crippen LogP contribution >= 0.6 is 11.6 Å². The summed E-state index contributed by atoms with van der Waals surface area (Å²) >= 11 is 6.14. The number of nitrogens with one attached hydrogen (secondary N) is 2. The Morgan fingerprint density at radius 2 is 1.67 bits per heavy atom. The molecule has 52 heavy (non-hydrogen) atoms. The summed E-state index contributed by atoms with van der Waals surface area (Å²) in [5.41, 5.74) is 2.50. The third-order valence-electron chi connectivity index (χ3n) is 10.1. The molecule has 0 spiro atoms. The average molecular weight is 736 g/mol. The first-order chi connectivity index (χ1) is 25.1. The lowest BCUT2D eigenvalue weighted by Gasteiger charge is -2.38. The van der Waals surface area contributed by atoms with Gasteiger partial charge < -0.3 is 25.2 Å². The first kappa shape index (κ1) is 40.9. The van der Waals surface area contributed by atoms with Gasteiger partial charge in [0, 0.05) is 43.3 Å². The van der Waals surface area contributed by atoms with E-state index in [1.807, 2.05) is 49.3 Å². The molecule has 0 radical (unpaired) electrons. The van der Waals surface area contributed by atoms with Crippen LogP contribution in [0.25, 0.3) is 0 Å². The molecule has 0 bridgehead atoms. The molecule has 2 unspecified atom stereocenters. The molecule has 1 aliphatic heterocycles. The summed E-state index contributed by atoms with van der Waals surface area (Å²) < 4.78 is 5.76. The number of carbonyl (C=O) groups is 4. The van der Waals surface area contributed by atoms with Crippen LogP contribution in [-0.4, -0.2) is 84.8 Å². The van der Waals surface area contributed by atoms with Gasteiger partial charge in [0.05, 0.1) is 11.6 Å². The van der Waals surface area contributed by atoms with Gasteiger partial charge in [-0.15, -0.1) is 0 Å². The number of esters is 1. The van der Waals surface area contributed by atoms with Crippen molar-refractivity contribution >= 4 is 35.4 Å². The molecular weight excluding hydrogens is 678 g/mol. The van der Waals surface area contributed by atoms with Crippen molar-refractivity contribution in [1.82, 2.24) is 25.3 Å². The van der Waals surface area contributed by atoms with Crippen molar-refractivity contribution in [2.75, 3.05) is 40.3 Å². The summed E-state index contributed by atoms with van der Waals surface area (Å²) in [6, 6.07) is 15.1. The Balaban J connectivity index is 1.43. The molecule has 0 saturated heterocycles. The van der Waals surface area contributed by atoms with Crippen LogP contribution < -0.4 is 10.6 Å². The van der Waals surface area contributed by atoms with Crippen molar-refractivity contribution in [3.8, 4) is 0 Å². The maximum atomic E-state index is 13.9. The number of allylic oxidation sites excluding steroid dienone is 1. The second-order valence-corrected chi connectivity index (χ2v) is 14.8. The largest absolute Gasteiger partial charge is 0.457 e. The number of benzene rings is 2. The zero-order valence-electron chi connectivity index (χ0n) is 31.5. The highest BCUT2D eigenvalue weighted by Gasteiger charge is 2.38. The smallest absolute Gasteiger partial charge is 0.338 e. The minimum absolute atomic E-state index is 0.00381. The van der Waals surface area contributed by atoms with Crippen LogP contribution in [0.15, 0.2) is 65.9 Å². The minimum atomic E-state index is -0.689. The van der Waals surface area contributed by atoms with Gasteiger partial charge in [0.15, 0.2) is 0 Å². The number of urea groups is 1. The highest BCUT2D eigenvalue weighted by Crippen LogP contribution is 2.33. The molecule has 2 N–H and O–H groups in total. The second-order valence-electron chi connectivity index (χ2n) is 14.3. The van der Waals surface area contributed by atoms with E-state index in [4.69, 9.17) is 16.3 Å². The lowest BCUT2D eigenvalue weighted by atomic mass is 9.82. The Hall–Kier alpha value is -3.89. The highest BCUT2D eigenvalue weighted by atomic mass is 35.5. The fourth-order valence-corrected chi connectivity index (χ4v) is 7.29. The molecule has 4 rings (SSSR count). The van der Waals surface area contributed by atoms with Crippen LogP contribution in [0.2, 0.25) is 5.02 Å². The number of hydrogen-bond acceptors (Lipinski definition) is 6. The molecule has 11 heteroatoms. The molecule has 2 aliphatic rings. The van der Waals surface area contributed by atoms with Gasteiger partial charge in [-0.3, -0.25) is 14.5 Å². The van der Waals surface area contributed by atoms with Crippen LogP contribution in [0.4, 0.5) is 4.79 Å². The Kier molecular flexibility index (Phi) is 16.5. The van der Waals surface area contributed by atoms with Crippen LogP contribution in [0.3, 0.4) is 0 Å². The van der Waals surface area contributed by atoms with Crippen molar-refractivity contribution in [3.05, 3.63) is 82.0 Å². The number of carbonyl (C=O) groups excluding carboxylic acids is 4. The Morgan fingerprint density at radius 1 is 0.962 bits per heavy atom. The summed E-state index contributed by atoms with van der Waals surface area (Å²) in [6.45, 7) is 6.18. The van der Waals surface area contributed by atoms with Gasteiger partial charge in [0.1, 0.15) is 12.6 Å². The van der Waals surface area contributed by atoms with Gasteiger partial charge in [-0.2, -0.15) is 0 Å². The van der Waals surface area contributed by atoms with Crippen molar-refractivity contribution in [1.29, 1.82) is 0 Å². The van der Waals surface area contributed by atoms with E-state index in [1.54, 1.807) is 36.1 Å². The average Bonchev–Trinajstić information content (AvgIpc) is 3.14. The van der Waals surface area contributed by atoms with E-state index in [0.717, 1.165) is 49.7 Å². The molecule has 1 aliphatic carbocycles. The lowest BCUT2D eigenvalue weighted by molar-refractivity contribution is -0.143. The molecule has 284 valence electrons. The Bertz CT molecular complexity index is 1490. The number of unbranched alkanes of at least 4 members (excludes halogenated alkanes) is 3. The van der Waals surface area contributed by atoms with Gasteiger partial charge in [-0.05, 0) is 82.3 Å². The van der Waals surface area contributed by atoms with Crippen molar-refractivity contribution in [2.24, 2.45) is 5.92 Å². The zero-order chi connectivity index (χ0) is 37.5. The fraction of sp³-hybridized carbons (Fsp3) is 0.561. The monoisotopic (exact) mass is 735 g/mol. The number of halogens is 1. The molecule has 2 aromatic carbocycles. The molecule has 10 nitrogen and oxygen atoms in total. The van der Waals surface area contributed by atoms with E-state index in [9.17, 15) is 19.2 Å². The van der Waals surface area contributed by atoms with Crippen LogP contribution in [-0.2, 0) is 25.7 Å². The predicted molar refractivity (Wildman–Crippen MR) is 205 cm³/mol. The van der Waals surface area contributed by atoms with E-state index in [0.29, 0.717) is 68.2 Å². The standard InChI is InChI=1S/C41H58ClN5O5/c1-5-6-25-43-39(49)38(33-18-12-8-13-19-33)47(28-27-45(3)4)35(48)20-14-9-15-26-46-30(2)36(40(50)52-29-31-16-10-7-11-17-31)37(44-41(46)51)32-21-23-34(42)24-22-32/h7,10-11,16-17,21-24,33,37-38H,5-6,8-9,12-15,18-20,25-29H2,1-4H3,(H,43,49)(H,44,51). The summed E-state index contributed by atoms with van der Waals surface area (Å²) in [4.78, 5) is 60.1. The van der Waals surface area contributed by atoms with Crippen molar-refractivity contribution < 1.29 is 23.9 Å². The number of likely N-dealkylation sites (N-methyl/N-ethyl adjacent to an activating group) is 1. The topological polar surface area (TPSA) is 111 Å². The Morgan fingerprint density at radius 3 is 2.35 bits per heavy atom. The lowest BCUT2D eigenvalue weighted by Crippen LogP contribution is -2.55. The number of hydrogen-bond donors (Lipinski definition) is 2. The van der Waals surface area contributed by atoms with Gasteiger partial charge in [0.2, 0.25) is 11.8 Å². The van der Waals surface area contributed by atoms with Gasteiger partial charge in [-0.1, -0.05) is 93.1 Å². The van der Waals surface area contributed by atoms with Gasteiger partial charge in [0.25, 0.3) is 0 Å². The number of amides is 4. The first-order valence-corrected chi connectivity index (χ1v) is 19.5. The molecule has 1 heterocycles. The molecule has 0 aromatic heterocycles. The molecule has 2 atom stereocenters. The second kappa shape index (κ2) is 21.0. The van der Waals surface area contributed by atoms with E-state index >= 15 is 0 Å². The maximum Gasteiger partial charge on any atom is 0.338 e. The van der Waals surface area contributed by atoms with Crippen LogP contribution in [0, 0.1) is 5.92 Å². The van der Waals surface area contributed by atoms with Crippen LogP contribution in [0.1, 0.15) is 102 Å². The fourth-order valence-electron chi connectivity index (χ4n) is 7.17. The number of nitrogens with zero attached hydrogens (tertiary/aromatic N) is 3. The maximum absolute atomic E-state index is 13.9. The molecule has 2 aromatic rings. The van der Waals surface area contributed by atoms with E-state index in [-0.39, 0.29) is 30.4 Å². The van der Waals surface area contributed by atoms with Crippen molar-refractivity contribution in [2.45, 2.75) is 103 Å². The normalized spacial score (nSPS) is 17.2. The van der Waals surface area contributed by atoms with Gasteiger partial charge >= 0.3 is 12.0 Å². The van der Waals surface area contributed by atoms with E-state index < -0.39 is 18.1 Å². The summed E-state index contributed by atoms with van der Waals surface area (Å²) in [7, 11) is 3.97. The Labute approximate surface area is 315 Å². The molecule has 4 amide bonds. The van der Waals surface area contributed by atoms with Crippen LogP contribution in [0.5, 0.6) is 0 Å². The SMILES string of the molecule is CCCCNC(=O)C(C1CCCCC1)N(CCN(C)C)C(=O)CCCCCN1C(=O)NC(c2ccc(Cl)cc2)C(C(=O)OCc2ccccc2)=C1C. The summed E-state index contributed by atoms with van der Waals surface area (Å²) in [5, 5.41) is 6.71. The van der Waals surface area contributed by atoms with E-state index in [1.165, 1.54) is 6.42 Å². The number of ether oxygens (including phenoxy) is 1. The molecule has 1 fully saturated rings. The highest BCUT2D eigenvalue weighted by molar-refractivity contribution is 6.30. The van der Waals surface area contributed by atoms with Crippen molar-refractivity contribution in [3.63, 3.8) is 0 Å². The minimum Gasteiger partial charge on any atom is -0.457 e. The summed E-state index contributed by atoms with van der Waals surface area (Å²) in [5.74, 6) is -0.356. The third-order valence-corrected chi connectivity index (χ3v) is 10.4. The number of rotatable bonds is 19. The van der Waals surface area contributed by atoms with Gasteiger partial charge in [-0.25, -0.2) is 9.59 Å². The zero-order valence-corrected chi connectivity index (χ0v) is 32.3.